The van der Waals surface area contributed by atoms with Crippen LogP contribution in [0.15, 0.2) is 30.3 Å². The molecular formula is C9H9NO. The maximum absolute atomic E-state index is 10.9. The van der Waals surface area contributed by atoms with E-state index in [1.165, 1.54) is 0 Å². The van der Waals surface area contributed by atoms with Crippen molar-refractivity contribution in [3.8, 4) is 0 Å². The molecule has 2 nitrogen and oxygen atoms in total. The summed E-state index contributed by atoms with van der Waals surface area (Å²) in [6, 6.07) is 9.86. The van der Waals surface area contributed by atoms with Crippen molar-refractivity contribution in [2.24, 2.45) is 0 Å². The van der Waals surface area contributed by atoms with Crippen molar-refractivity contribution in [2.75, 3.05) is 6.54 Å². The molecule has 1 saturated heterocycles. The predicted molar refractivity (Wildman–Crippen MR) is 42.2 cm³/mol. The van der Waals surface area contributed by atoms with Gasteiger partial charge < -0.3 is 5.32 Å². The summed E-state index contributed by atoms with van der Waals surface area (Å²) >= 11 is 0. The van der Waals surface area contributed by atoms with E-state index < -0.39 is 0 Å². The van der Waals surface area contributed by atoms with Gasteiger partial charge in [0.05, 0.1) is 5.92 Å². The van der Waals surface area contributed by atoms with Crippen LogP contribution in [-0.2, 0) is 4.79 Å². The van der Waals surface area contributed by atoms with Crippen LogP contribution in [0.1, 0.15) is 11.5 Å². The molecule has 1 amide bonds. The fourth-order valence-corrected chi connectivity index (χ4v) is 1.24. The van der Waals surface area contributed by atoms with Crippen molar-refractivity contribution in [3.63, 3.8) is 0 Å². The predicted octanol–water partition coefficient (Wildman–Crippen LogP) is 0.900. The second-order valence-corrected chi connectivity index (χ2v) is 2.71. The van der Waals surface area contributed by atoms with E-state index in [9.17, 15) is 4.79 Å². The zero-order valence-electron chi connectivity index (χ0n) is 6.08. The molecule has 0 saturated carbocycles. The third kappa shape index (κ3) is 1.00. The summed E-state index contributed by atoms with van der Waals surface area (Å²) in [4.78, 5) is 10.9. The van der Waals surface area contributed by atoms with Crippen LogP contribution in [0.4, 0.5) is 0 Å². The SMILES string of the molecule is O=C1NCC1c1ccccc1. The smallest absolute Gasteiger partial charge is 0.229 e. The Morgan fingerprint density at radius 3 is 2.45 bits per heavy atom. The van der Waals surface area contributed by atoms with Crippen molar-refractivity contribution in [1.29, 1.82) is 0 Å². The second kappa shape index (κ2) is 2.38. The molecule has 1 aromatic carbocycles. The Hall–Kier alpha value is -1.31. The number of hydrogen-bond acceptors (Lipinski definition) is 1. The molecule has 0 radical (unpaired) electrons. The normalized spacial score (nSPS) is 22.2. The quantitative estimate of drug-likeness (QED) is 0.587. The summed E-state index contributed by atoms with van der Waals surface area (Å²) in [6.45, 7) is 0.794. The van der Waals surface area contributed by atoms with E-state index in [4.69, 9.17) is 0 Å². The minimum Gasteiger partial charge on any atom is -0.354 e. The van der Waals surface area contributed by atoms with Crippen LogP contribution in [0, 0.1) is 0 Å². The van der Waals surface area contributed by atoms with Crippen LogP contribution in [-0.4, -0.2) is 12.5 Å². The first-order chi connectivity index (χ1) is 5.38. The number of nitrogens with one attached hydrogen (secondary N) is 1. The Balaban J connectivity index is 2.23. The van der Waals surface area contributed by atoms with Crippen LogP contribution in [0.25, 0.3) is 0 Å². The first-order valence-electron chi connectivity index (χ1n) is 3.70. The van der Waals surface area contributed by atoms with E-state index in [1.807, 2.05) is 30.3 Å². The van der Waals surface area contributed by atoms with Crippen LogP contribution in [0.5, 0.6) is 0 Å². The van der Waals surface area contributed by atoms with E-state index in [1.54, 1.807) is 0 Å². The van der Waals surface area contributed by atoms with Crippen LogP contribution >= 0.6 is 0 Å². The number of benzene rings is 1. The summed E-state index contributed by atoms with van der Waals surface area (Å²) in [5.41, 5.74) is 1.12. The van der Waals surface area contributed by atoms with Gasteiger partial charge in [0, 0.05) is 6.54 Å². The van der Waals surface area contributed by atoms with Crippen molar-refractivity contribution >= 4 is 5.91 Å². The van der Waals surface area contributed by atoms with Gasteiger partial charge in [-0.05, 0) is 5.56 Å². The molecule has 1 unspecified atom stereocenters. The lowest BCUT2D eigenvalue weighted by Gasteiger charge is -2.25. The van der Waals surface area contributed by atoms with Crippen LogP contribution in [0.3, 0.4) is 0 Å². The number of carbonyl (C=O) groups is 1. The van der Waals surface area contributed by atoms with Crippen molar-refractivity contribution in [2.45, 2.75) is 5.92 Å². The average molecular weight is 147 g/mol. The summed E-state index contributed by atoms with van der Waals surface area (Å²) in [7, 11) is 0. The summed E-state index contributed by atoms with van der Waals surface area (Å²) in [5.74, 6) is 0.257. The largest absolute Gasteiger partial charge is 0.354 e. The maximum atomic E-state index is 10.9. The lowest BCUT2D eigenvalue weighted by Crippen LogP contribution is -2.46. The molecule has 0 spiro atoms. The van der Waals surface area contributed by atoms with Crippen molar-refractivity contribution in [3.05, 3.63) is 35.9 Å². The van der Waals surface area contributed by atoms with Gasteiger partial charge in [0.2, 0.25) is 5.91 Å². The van der Waals surface area contributed by atoms with Crippen molar-refractivity contribution in [1.82, 2.24) is 5.32 Å². The zero-order chi connectivity index (χ0) is 7.68. The maximum Gasteiger partial charge on any atom is 0.229 e. The van der Waals surface area contributed by atoms with Crippen LogP contribution in [0.2, 0.25) is 0 Å². The highest BCUT2D eigenvalue weighted by Crippen LogP contribution is 2.19. The Morgan fingerprint density at radius 2 is 2.00 bits per heavy atom. The molecule has 1 heterocycles. The van der Waals surface area contributed by atoms with Crippen LogP contribution < -0.4 is 5.32 Å². The summed E-state index contributed by atoms with van der Waals surface area (Å²) in [6.07, 6.45) is 0. The Labute approximate surface area is 65.2 Å². The first-order valence-corrected chi connectivity index (χ1v) is 3.70. The lowest BCUT2D eigenvalue weighted by molar-refractivity contribution is -0.127. The van der Waals surface area contributed by atoms with Gasteiger partial charge in [-0.3, -0.25) is 4.79 Å². The fourth-order valence-electron chi connectivity index (χ4n) is 1.24. The third-order valence-electron chi connectivity index (χ3n) is 2.00. The highest BCUT2D eigenvalue weighted by Gasteiger charge is 2.28. The molecule has 2 rings (SSSR count). The monoisotopic (exact) mass is 147 g/mol. The van der Waals surface area contributed by atoms with E-state index in [2.05, 4.69) is 5.32 Å². The molecule has 0 bridgehead atoms. The van der Waals surface area contributed by atoms with Gasteiger partial charge in [-0.2, -0.15) is 0 Å². The number of rotatable bonds is 1. The molecule has 11 heavy (non-hydrogen) atoms. The molecule has 1 aromatic rings. The molecule has 1 aliphatic heterocycles. The van der Waals surface area contributed by atoms with Gasteiger partial charge in [-0.25, -0.2) is 0 Å². The Bertz CT molecular complexity index is 268. The fraction of sp³-hybridized carbons (Fsp3) is 0.222. The summed E-state index contributed by atoms with van der Waals surface area (Å²) in [5, 5.41) is 2.72. The molecule has 1 N–H and O–H groups in total. The van der Waals surface area contributed by atoms with E-state index >= 15 is 0 Å². The number of carbonyl (C=O) groups excluding carboxylic acids is 1. The molecule has 0 aromatic heterocycles. The Morgan fingerprint density at radius 1 is 1.27 bits per heavy atom. The average Bonchev–Trinajstić information content (AvgIpc) is 2.04. The van der Waals surface area contributed by atoms with E-state index in [0.717, 1.165) is 12.1 Å². The van der Waals surface area contributed by atoms with E-state index in [-0.39, 0.29) is 11.8 Å². The summed E-state index contributed by atoms with van der Waals surface area (Å²) < 4.78 is 0. The molecule has 2 heteroatoms. The standard InChI is InChI=1S/C9H9NO/c11-9-8(6-10-9)7-4-2-1-3-5-7/h1-5,8H,6H2,(H,10,11). The van der Waals surface area contributed by atoms with Gasteiger partial charge in [-0.15, -0.1) is 0 Å². The molecule has 1 fully saturated rings. The number of amides is 1. The minimum atomic E-state index is 0.108. The lowest BCUT2D eigenvalue weighted by atomic mass is 9.93. The van der Waals surface area contributed by atoms with Gasteiger partial charge in [-0.1, -0.05) is 30.3 Å². The first kappa shape index (κ1) is 6.40. The molecule has 1 aliphatic rings. The number of hydrogen-bond donors (Lipinski definition) is 1. The van der Waals surface area contributed by atoms with E-state index in [0.29, 0.717) is 0 Å². The van der Waals surface area contributed by atoms with Gasteiger partial charge in [0.1, 0.15) is 0 Å². The number of β-lactam (4-membered cyclic amide) rings is 1. The minimum absolute atomic E-state index is 0.108. The third-order valence-corrected chi connectivity index (χ3v) is 2.00. The molecule has 0 aliphatic carbocycles. The second-order valence-electron chi connectivity index (χ2n) is 2.71. The zero-order valence-corrected chi connectivity index (χ0v) is 6.08. The topological polar surface area (TPSA) is 29.1 Å². The highest BCUT2D eigenvalue weighted by atomic mass is 16.2. The van der Waals surface area contributed by atoms with Crippen molar-refractivity contribution < 1.29 is 4.79 Å². The van der Waals surface area contributed by atoms with Gasteiger partial charge in [0.15, 0.2) is 0 Å². The molecule has 56 valence electrons. The molecular weight excluding hydrogens is 138 g/mol. The van der Waals surface area contributed by atoms with Gasteiger partial charge >= 0.3 is 0 Å². The molecule has 1 atom stereocenters. The highest BCUT2D eigenvalue weighted by molar-refractivity contribution is 5.89. The van der Waals surface area contributed by atoms with Gasteiger partial charge in [0.25, 0.3) is 0 Å². The Kier molecular flexibility index (Phi) is 1.39.